The lowest BCUT2D eigenvalue weighted by Crippen LogP contribution is -2.49. The maximum absolute atomic E-state index is 12.4. The van der Waals surface area contributed by atoms with Crippen LogP contribution in [0.2, 0.25) is 0 Å². The lowest BCUT2D eigenvalue weighted by atomic mass is 9.49. The summed E-state index contributed by atoms with van der Waals surface area (Å²) < 4.78 is 5.41. The van der Waals surface area contributed by atoms with Gasteiger partial charge in [0.05, 0.1) is 0 Å². The number of Topliss-reactive ketones (excluding diaryl/α,β-unsaturated/α-hetero) is 1. The molecule has 1 unspecified atom stereocenters. The number of carbonyl (C=O) groups excluding carboxylic acids is 2. The highest BCUT2D eigenvalue weighted by molar-refractivity contribution is 5.87. The van der Waals surface area contributed by atoms with Gasteiger partial charge in [-0.05, 0) is 49.5 Å². The minimum absolute atomic E-state index is 0.0679. The smallest absolute Gasteiger partial charge is 0.303 e. The van der Waals surface area contributed by atoms with Gasteiger partial charge >= 0.3 is 5.97 Å². The molecule has 24 heavy (non-hydrogen) atoms. The van der Waals surface area contributed by atoms with E-state index in [1.54, 1.807) is 0 Å². The van der Waals surface area contributed by atoms with E-state index in [-0.39, 0.29) is 22.9 Å². The van der Waals surface area contributed by atoms with E-state index in [1.807, 2.05) is 0 Å². The minimum Gasteiger partial charge on any atom is -0.458 e. The molecule has 0 amide bonds. The zero-order valence-corrected chi connectivity index (χ0v) is 15.0. The lowest BCUT2D eigenvalue weighted by molar-refractivity contribution is -0.144. The van der Waals surface area contributed by atoms with Crippen LogP contribution < -0.4 is 0 Å². The number of allylic oxidation sites excluding steroid dienone is 2. The molecule has 0 saturated heterocycles. The van der Waals surface area contributed by atoms with Crippen molar-refractivity contribution >= 4 is 11.8 Å². The predicted molar refractivity (Wildman–Crippen MR) is 92.2 cm³/mol. The van der Waals surface area contributed by atoms with Crippen LogP contribution in [0.5, 0.6) is 0 Å². The largest absolute Gasteiger partial charge is 0.458 e. The highest BCUT2D eigenvalue weighted by Crippen LogP contribution is 2.62. The van der Waals surface area contributed by atoms with Crippen LogP contribution in [0.25, 0.3) is 0 Å². The van der Waals surface area contributed by atoms with Gasteiger partial charge in [-0.15, -0.1) is 0 Å². The van der Waals surface area contributed by atoms with Crippen molar-refractivity contribution in [2.24, 2.45) is 28.6 Å². The van der Waals surface area contributed by atoms with Crippen molar-refractivity contribution in [1.29, 1.82) is 0 Å². The molecule has 3 nitrogen and oxygen atoms in total. The van der Waals surface area contributed by atoms with E-state index in [1.165, 1.54) is 12.5 Å². The molecule has 0 radical (unpaired) electrons. The van der Waals surface area contributed by atoms with Crippen molar-refractivity contribution in [2.75, 3.05) is 0 Å². The van der Waals surface area contributed by atoms with Gasteiger partial charge < -0.3 is 4.74 Å². The first-order valence-corrected chi connectivity index (χ1v) is 9.44. The van der Waals surface area contributed by atoms with E-state index in [4.69, 9.17) is 4.74 Å². The van der Waals surface area contributed by atoms with Gasteiger partial charge in [0.25, 0.3) is 0 Å². The average Bonchev–Trinajstić information content (AvgIpc) is 2.83. The van der Waals surface area contributed by atoms with E-state index in [0.717, 1.165) is 38.5 Å². The second-order valence-electron chi connectivity index (χ2n) is 8.75. The molecule has 130 valence electrons. The molecular weight excluding hydrogens is 300 g/mol. The Morgan fingerprint density at radius 1 is 1.25 bits per heavy atom. The molecule has 0 N–H and O–H groups in total. The fourth-order valence-corrected chi connectivity index (χ4v) is 6.29. The van der Waals surface area contributed by atoms with Gasteiger partial charge in [-0.1, -0.05) is 31.6 Å². The molecule has 0 heterocycles. The normalized spacial score (nSPS) is 46.6. The minimum atomic E-state index is -0.208. The van der Waals surface area contributed by atoms with Crippen LogP contribution in [0.4, 0.5) is 0 Å². The van der Waals surface area contributed by atoms with E-state index < -0.39 is 0 Å². The van der Waals surface area contributed by atoms with Crippen molar-refractivity contribution in [1.82, 2.24) is 0 Å². The lowest BCUT2D eigenvalue weighted by Gasteiger charge is -2.55. The highest BCUT2D eigenvalue weighted by atomic mass is 16.5. The Hall–Kier alpha value is -1.38. The number of hydrogen-bond donors (Lipinski definition) is 0. The van der Waals surface area contributed by atoms with Gasteiger partial charge in [-0.3, -0.25) is 9.59 Å². The van der Waals surface area contributed by atoms with E-state index in [9.17, 15) is 9.59 Å². The number of ketones is 1. The molecular formula is C21H28O3. The third-order valence-electron chi connectivity index (χ3n) is 7.64. The summed E-state index contributed by atoms with van der Waals surface area (Å²) in [6, 6.07) is 0. The number of fused-ring (bicyclic) bond motifs is 5. The molecule has 6 atom stereocenters. The molecule has 4 rings (SSSR count). The first-order chi connectivity index (χ1) is 11.3. The quantitative estimate of drug-likeness (QED) is 0.534. The number of carbonyl (C=O) groups is 2. The first-order valence-electron chi connectivity index (χ1n) is 9.44. The van der Waals surface area contributed by atoms with Crippen LogP contribution in [0.1, 0.15) is 59.3 Å². The molecule has 4 aliphatic rings. The molecule has 2 fully saturated rings. The highest BCUT2D eigenvalue weighted by Gasteiger charge is 2.58. The summed E-state index contributed by atoms with van der Waals surface area (Å²) in [7, 11) is 0. The molecule has 3 heteroatoms. The molecule has 0 spiro atoms. The number of esters is 1. The monoisotopic (exact) mass is 328 g/mol. The Bertz CT molecular complexity index is 645. The average molecular weight is 328 g/mol. The zero-order chi connectivity index (χ0) is 17.1. The second kappa shape index (κ2) is 5.31. The third-order valence-corrected chi connectivity index (χ3v) is 7.64. The number of rotatable bonds is 1. The maximum atomic E-state index is 12.4. The van der Waals surface area contributed by atoms with Crippen molar-refractivity contribution in [3.63, 3.8) is 0 Å². The van der Waals surface area contributed by atoms with Crippen LogP contribution >= 0.6 is 0 Å². The van der Waals surface area contributed by atoms with Crippen LogP contribution in [0.3, 0.4) is 0 Å². The fraction of sp³-hybridized carbons (Fsp3) is 0.714. The summed E-state index contributed by atoms with van der Waals surface area (Å²) in [6.07, 6.45) is 12.6. The number of hydrogen-bond acceptors (Lipinski definition) is 3. The van der Waals surface area contributed by atoms with Crippen molar-refractivity contribution in [3.05, 3.63) is 23.8 Å². The van der Waals surface area contributed by atoms with Gasteiger partial charge in [-0.25, -0.2) is 0 Å². The Labute approximate surface area is 144 Å². The zero-order valence-electron chi connectivity index (χ0n) is 15.0. The van der Waals surface area contributed by atoms with Crippen LogP contribution in [-0.4, -0.2) is 17.9 Å². The van der Waals surface area contributed by atoms with Gasteiger partial charge in [0.15, 0.2) is 0 Å². The summed E-state index contributed by atoms with van der Waals surface area (Å²) in [4.78, 5) is 23.7. The topological polar surface area (TPSA) is 43.4 Å². The summed E-state index contributed by atoms with van der Waals surface area (Å²) >= 11 is 0. The summed E-state index contributed by atoms with van der Waals surface area (Å²) in [5.74, 6) is 2.09. The van der Waals surface area contributed by atoms with Crippen LogP contribution in [-0.2, 0) is 14.3 Å². The standard InChI is InChI=1S/C21H28O3/c1-13(22)24-15-8-10-20(2)14(12-15)4-5-16-17-6-7-19(23)21(17,3)11-9-18(16)20/h4,8,10,15-18H,5-7,9,11-12H2,1-3H3/t15?,16-,17-,18-,20-,21-/m0/s1. The SMILES string of the molecule is CC(=O)OC1C=C[C@@]2(C)C(=CC[C@@H]3[C@@H]2CC[C@]2(C)C(=O)CC[C@@H]32)C1. The summed E-state index contributed by atoms with van der Waals surface area (Å²) in [5.41, 5.74) is 1.44. The third kappa shape index (κ3) is 2.16. The van der Waals surface area contributed by atoms with Crippen molar-refractivity contribution < 1.29 is 14.3 Å². The van der Waals surface area contributed by atoms with Gasteiger partial charge in [0.2, 0.25) is 0 Å². The van der Waals surface area contributed by atoms with E-state index >= 15 is 0 Å². The summed E-state index contributed by atoms with van der Waals surface area (Å²) in [5, 5.41) is 0. The second-order valence-corrected chi connectivity index (χ2v) is 8.75. The van der Waals surface area contributed by atoms with Crippen LogP contribution in [0, 0.1) is 28.6 Å². The Kier molecular flexibility index (Phi) is 3.56. The molecule has 0 aromatic carbocycles. The first kappa shape index (κ1) is 16.1. The fourth-order valence-electron chi connectivity index (χ4n) is 6.29. The van der Waals surface area contributed by atoms with E-state index in [2.05, 4.69) is 32.1 Å². The van der Waals surface area contributed by atoms with Crippen molar-refractivity contribution in [2.45, 2.75) is 65.4 Å². The van der Waals surface area contributed by atoms with Gasteiger partial charge in [0, 0.05) is 30.6 Å². The summed E-state index contributed by atoms with van der Waals surface area (Å²) in [6.45, 7) is 6.06. The molecule has 4 aliphatic carbocycles. The van der Waals surface area contributed by atoms with E-state index in [0.29, 0.717) is 23.5 Å². The Balaban J connectivity index is 1.63. The molecule has 2 saturated carbocycles. The molecule has 0 aromatic heterocycles. The maximum Gasteiger partial charge on any atom is 0.303 e. The van der Waals surface area contributed by atoms with Gasteiger partial charge in [-0.2, -0.15) is 0 Å². The molecule has 0 aromatic rings. The van der Waals surface area contributed by atoms with Gasteiger partial charge in [0.1, 0.15) is 11.9 Å². The Morgan fingerprint density at radius 3 is 2.79 bits per heavy atom. The Morgan fingerprint density at radius 2 is 2.04 bits per heavy atom. The van der Waals surface area contributed by atoms with Crippen LogP contribution in [0.15, 0.2) is 23.8 Å². The number of ether oxygens (including phenoxy) is 1. The molecule has 0 bridgehead atoms. The van der Waals surface area contributed by atoms with Crippen molar-refractivity contribution in [3.8, 4) is 0 Å². The molecule has 0 aliphatic heterocycles. The predicted octanol–water partition coefficient (Wildman–Crippen LogP) is 4.23.